The van der Waals surface area contributed by atoms with Crippen LogP contribution in [0.3, 0.4) is 0 Å². The molecule has 1 rings (SSSR count). The molecule has 0 aromatic rings. The fourth-order valence-corrected chi connectivity index (χ4v) is 2.61. The van der Waals surface area contributed by atoms with Crippen molar-refractivity contribution in [1.29, 1.82) is 0 Å². The maximum Gasteiger partial charge on any atom is -0.00746 e. The van der Waals surface area contributed by atoms with E-state index in [2.05, 4.69) is 6.92 Å². The van der Waals surface area contributed by atoms with Crippen molar-refractivity contribution in [3.05, 3.63) is 0 Å². The van der Waals surface area contributed by atoms with Crippen molar-refractivity contribution in [2.24, 2.45) is 17.6 Å². The van der Waals surface area contributed by atoms with E-state index < -0.39 is 0 Å². The van der Waals surface area contributed by atoms with Gasteiger partial charge in [0.15, 0.2) is 0 Å². The Bertz CT molecular complexity index is 112. The van der Waals surface area contributed by atoms with Crippen molar-refractivity contribution in [2.75, 3.05) is 6.54 Å². The van der Waals surface area contributed by atoms with E-state index >= 15 is 0 Å². The van der Waals surface area contributed by atoms with Crippen LogP contribution in [-0.4, -0.2) is 6.54 Å². The first-order valence-corrected chi connectivity index (χ1v) is 6.06. The third-order valence-electron chi connectivity index (χ3n) is 3.60. The van der Waals surface area contributed by atoms with Gasteiger partial charge in [-0.25, -0.2) is 0 Å². The molecule has 0 bridgehead atoms. The minimum Gasteiger partial charge on any atom is -0.330 e. The Morgan fingerprint density at radius 3 is 2.00 bits per heavy atom. The summed E-state index contributed by atoms with van der Waals surface area (Å²) in [6, 6.07) is 0. The zero-order valence-corrected chi connectivity index (χ0v) is 9.10. The average molecular weight is 183 g/mol. The first-order valence-electron chi connectivity index (χ1n) is 6.06. The highest BCUT2D eigenvalue weighted by Gasteiger charge is 2.14. The summed E-state index contributed by atoms with van der Waals surface area (Å²) in [6.45, 7) is 3.23. The highest BCUT2D eigenvalue weighted by Crippen LogP contribution is 2.28. The van der Waals surface area contributed by atoms with E-state index in [4.69, 9.17) is 5.73 Å². The van der Waals surface area contributed by atoms with Crippen LogP contribution in [0.1, 0.15) is 58.3 Å². The number of rotatable bonds is 3. The van der Waals surface area contributed by atoms with Gasteiger partial charge in [0.1, 0.15) is 0 Å². The molecule has 0 aromatic carbocycles. The third kappa shape index (κ3) is 4.12. The second-order valence-electron chi connectivity index (χ2n) is 4.58. The predicted molar refractivity (Wildman–Crippen MR) is 58.6 cm³/mol. The molecule has 0 amide bonds. The fraction of sp³-hybridized carbons (Fsp3) is 1.00. The van der Waals surface area contributed by atoms with Gasteiger partial charge in [0.25, 0.3) is 0 Å². The van der Waals surface area contributed by atoms with E-state index in [9.17, 15) is 0 Å². The van der Waals surface area contributed by atoms with Gasteiger partial charge in [0.2, 0.25) is 0 Å². The summed E-state index contributed by atoms with van der Waals surface area (Å²) in [5.74, 6) is 1.97. The molecular formula is C12H25N. The lowest BCUT2D eigenvalue weighted by Gasteiger charge is -2.23. The Balaban J connectivity index is 2.22. The van der Waals surface area contributed by atoms with Crippen LogP contribution in [-0.2, 0) is 0 Å². The van der Waals surface area contributed by atoms with Crippen molar-refractivity contribution in [2.45, 2.75) is 58.3 Å². The summed E-state index contributed by atoms with van der Waals surface area (Å²) in [5.41, 5.74) is 5.60. The molecule has 1 aliphatic rings. The van der Waals surface area contributed by atoms with Gasteiger partial charge in [-0.05, 0) is 24.8 Å². The molecule has 0 radical (unpaired) electrons. The Morgan fingerprint density at radius 1 is 1.00 bits per heavy atom. The highest BCUT2D eigenvalue weighted by atomic mass is 14.5. The van der Waals surface area contributed by atoms with Crippen LogP contribution in [0.15, 0.2) is 0 Å². The van der Waals surface area contributed by atoms with Crippen LogP contribution in [0.25, 0.3) is 0 Å². The largest absolute Gasteiger partial charge is 0.330 e. The van der Waals surface area contributed by atoms with E-state index in [0.717, 1.165) is 18.4 Å². The summed E-state index contributed by atoms with van der Waals surface area (Å²) in [4.78, 5) is 0. The normalized spacial score (nSPS) is 30.9. The Morgan fingerprint density at radius 2 is 1.54 bits per heavy atom. The number of hydrogen-bond donors (Lipinski definition) is 1. The summed E-state index contributed by atoms with van der Waals surface area (Å²) in [6.07, 6.45) is 11.4. The Hall–Kier alpha value is -0.0400. The standard InChI is InChI=1S/C12H25N/c1-2-11-5-3-7-12(9-10-13)8-4-6-11/h11-12H,2-10,13H2,1H3. The second-order valence-corrected chi connectivity index (χ2v) is 4.58. The van der Waals surface area contributed by atoms with Crippen molar-refractivity contribution in [1.82, 2.24) is 0 Å². The van der Waals surface area contributed by atoms with Gasteiger partial charge in [-0.2, -0.15) is 0 Å². The lowest BCUT2D eigenvalue weighted by Crippen LogP contribution is -2.12. The minimum atomic E-state index is 0.891. The average Bonchev–Trinajstić information content (AvgIpc) is 2.09. The molecule has 0 aliphatic heterocycles. The molecule has 0 atom stereocenters. The smallest absolute Gasteiger partial charge is 0.00746 e. The molecule has 0 aromatic heterocycles. The van der Waals surface area contributed by atoms with Gasteiger partial charge in [0, 0.05) is 0 Å². The van der Waals surface area contributed by atoms with E-state index in [0.29, 0.717) is 0 Å². The molecule has 0 spiro atoms. The van der Waals surface area contributed by atoms with E-state index in [1.54, 1.807) is 0 Å². The van der Waals surface area contributed by atoms with Crippen molar-refractivity contribution < 1.29 is 0 Å². The van der Waals surface area contributed by atoms with Gasteiger partial charge in [0.05, 0.1) is 0 Å². The van der Waals surface area contributed by atoms with Crippen LogP contribution in [0.4, 0.5) is 0 Å². The van der Waals surface area contributed by atoms with E-state index in [1.807, 2.05) is 0 Å². The van der Waals surface area contributed by atoms with Crippen molar-refractivity contribution in [3.63, 3.8) is 0 Å². The molecule has 1 fully saturated rings. The van der Waals surface area contributed by atoms with Crippen LogP contribution in [0.2, 0.25) is 0 Å². The molecular weight excluding hydrogens is 158 g/mol. The highest BCUT2D eigenvalue weighted by molar-refractivity contribution is 4.68. The maximum atomic E-state index is 5.60. The molecule has 1 aliphatic carbocycles. The third-order valence-corrected chi connectivity index (χ3v) is 3.60. The minimum absolute atomic E-state index is 0.891. The zero-order valence-electron chi connectivity index (χ0n) is 9.10. The first-order chi connectivity index (χ1) is 6.36. The van der Waals surface area contributed by atoms with Gasteiger partial charge >= 0.3 is 0 Å². The monoisotopic (exact) mass is 183 g/mol. The van der Waals surface area contributed by atoms with Crippen molar-refractivity contribution >= 4 is 0 Å². The molecule has 1 heteroatoms. The lowest BCUT2D eigenvalue weighted by molar-refractivity contribution is 0.303. The van der Waals surface area contributed by atoms with Crippen molar-refractivity contribution in [3.8, 4) is 0 Å². The molecule has 0 heterocycles. The van der Waals surface area contributed by atoms with Crippen LogP contribution < -0.4 is 5.73 Å². The molecule has 0 saturated heterocycles. The van der Waals surface area contributed by atoms with Crippen LogP contribution >= 0.6 is 0 Å². The van der Waals surface area contributed by atoms with Gasteiger partial charge in [-0.15, -0.1) is 0 Å². The number of hydrogen-bond acceptors (Lipinski definition) is 1. The molecule has 0 unspecified atom stereocenters. The van der Waals surface area contributed by atoms with Crippen LogP contribution in [0.5, 0.6) is 0 Å². The quantitative estimate of drug-likeness (QED) is 0.713. The molecule has 13 heavy (non-hydrogen) atoms. The topological polar surface area (TPSA) is 26.0 Å². The Kier molecular flexibility index (Phi) is 5.45. The van der Waals surface area contributed by atoms with Gasteiger partial charge < -0.3 is 5.73 Å². The zero-order chi connectivity index (χ0) is 9.52. The molecule has 78 valence electrons. The summed E-state index contributed by atoms with van der Waals surface area (Å²) in [7, 11) is 0. The lowest BCUT2D eigenvalue weighted by atomic mass is 9.83. The second kappa shape index (κ2) is 6.42. The maximum absolute atomic E-state index is 5.60. The Labute approximate surface area is 83.1 Å². The van der Waals surface area contributed by atoms with Crippen LogP contribution in [0, 0.1) is 11.8 Å². The summed E-state index contributed by atoms with van der Waals surface area (Å²) < 4.78 is 0. The SMILES string of the molecule is CCC1CCCC(CCN)CCC1. The molecule has 1 nitrogen and oxygen atoms in total. The summed E-state index contributed by atoms with van der Waals surface area (Å²) in [5, 5.41) is 0. The van der Waals surface area contributed by atoms with E-state index in [-0.39, 0.29) is 0 Å². The summed E-state index contributed by atoms with van der Waals surface area (Å²) >= 11 is 0. The first kappa shape index (κ1) is 11.0. The number of nitrogens with two attached hydrogens (primary N) is 1. The molecule has 2 N–H and O–H groups in total. The molecule has 1 saturated carbocycles. The van der Waals surface area contributed by atoms with E-state index in [1.165, 1.54) is 51.4 Å². The van der Waals surface area contributed by atoms with Gasteiger partial charge in [-0.3, -0.25) is 0 Å². The van der Waals surface area contributed by atoms with Gasteiger partial charge in [-0.1, -0.05) is 51.9 Å². The fourth-order valence-electron chi connectivity index (χ4n) is 2.61. The predicted octanol–water partition coefficient (Wildman–Crippen LogP) is 3.33.